The summed E-state index contributed by atoms with van der Waals surface area (Å²) in [6.45, 7) is 9.38. The Hall–Kier alpha value is -3.93. The number of nitrogens with zero attached hydrogens (tertiary/aromatic N) is 4. The molecule has 0 aliphatic carbocycles. The van der Waals surface area contributed by atoms with Crippen molar-refractivity contribution >= 4 is 22.6 Å². The van der Waals surface area contributed by atoms with Crippen molar-refractivity contribution in [2.75, 3.05) is 31.1 Å². The number of hydrogen-bond donors (Lipinski definition) is 0. The van der Waals surface area contributed by atoms with E-state index < -0.39 is 0 Å². The first kappa shape index (κ1) is 22.8. The predicted molar refractivity (Wildman–Crippen MR) is 140 cm³/mol. The van der Waals surface area contributed by atoms with Gasteiger partial charge in [0, 0.05) is 37.4 Å². The van der Waals surface area contributed by atoms with E-state index in [0.29, 0.717) is 36.4 Å². The molecule has 0 spiro atoms. The van der Waals surface area contributed by atoms with Gasteiger partial charge in [-0.05, 0) is 61.7 Å². The molecule has 0 unspecified atom stereocenters. The number of hydrogen-bond acceptors (Lipinski definition) is 4. The lowest BCUT2D eigenvalue weighted by Crippen LogP contribution is -2.49. The molecule has 0 bridgehead atoms. The molecule has 1 aromatic heterocycles. The van der Waals surface area contributed by atoms with Crippen LogP contribution in [0.5, 0.6) is 0 Å². The molecule has 0 saturated carbocycles. The molecule has 5 rings (SSSR count). The van der Waals surface area contributed by atoms with Crippen molar-refractivity contribution in [1.29, 1.82) is 0 Å². The van der Waals surface area contributed by atoms with E-state index in [9.17, 15) is 9.59 Å². The van der Waals surface area contributed by atoms with Gasteiger partial charge in [-0.25, -0.2) is 4.98 Å². The Labute approximate surface area is 205 Å². The Bertz CT molecular complexity index is 1450. The quantitative estimate of drug-likeness (QED) is 0.449. The van der Waals surface area contributed by atoms with E-state index in [1.54, 1.807) is 11.5 Å². The number of amides is 1. The zero-order valence-electron chi connectivity index (χ0n) is 20.5. The molecular weight excluding hydrogens is 436 g/mol. The van der Waals surface area contributed by atoms with Gasteiger partial charge >= 0.3 is 0 Å². The molecule has 1 aliphatic heterocycles. The van der Waals surface area contributed by atoms with Crippen LogP contribution < -0.4 is 10.5 Å². The average Bonchev–Trinajstić information content (AvgIpc) is 2.88. The van der Waals surface area contributed by atoms with Gasteiger partial charge in [-0.3, -0.25) is 9.59 Å². The maximum atomic E-state index is 13.3. The number of benzene rings is 3. The Balaban J connectivity index is 1.38. The molecule has 2 heterocycles. The fourth-order valence-electron chi connectivity index (χ4n) is 4.82. The second kappa shape index (κ2) is 9.37. The molecule has 178 valence electrons. The van der Waals surface area contributed by atoms with Crippen LogP contribution in [0.15, 0.2) is 71.5 Å². The number of anilines is 1. The highest BCUT2D eigenvalue weighted by Crippen LogP contribution is 2.24. The number of carbonyl (C=O) groups excluding carboxylic acids is 1. The van der Waals surface area contributed by atoms with Crippen LogP contribution in [0.4, 0.5) is 5.69 Å². The van der Waals surface area contributed by atoms with Crippen molar-refractivity contribution in [3.8, 4) is 0 Å². The second-order valence-corrected chi connectivity index (χ2v) is 9.35. The van der Waals surface area contributed by atoms with Gasteiger partial charge in [-0.15, -0.1) is 0 Å². The van der Waals surface area contributed by atoms with Gasteiger partial charge in [-0.1, -0.05) is 42.5 Å². The molecule has 1 fully saturated rings. The van der Waals surface area contributed by atoms with Gasteiger partial charge in [0.05, 0.1) is 17.6 Å². The first-order valence-electron chi connectivity index (χ1n) is 12.1. The maximum absolute atomic E-state index is 13.3. The van der Waals surface area contributed by atoms with Gasteiger partial charge in [0.15, 0.2) is 0 Å². The van der Waals surface area contributed by atoms with E-state index in [1.807, 2.05) is 53.4 Å². The second-order valence-electron chi connectivity index (χ2n) is 9.35. The Kier molecular flexibility index (Phi) is 6.12. The van der Waals surface area contributed by atoms with Crippen LogP contribution >= 0.6 is 0 Å². The lowest BCUT2D eigenvalue weighted by Gasteiger charge is -2.37. The van der Waals surface area contributed by atoms with Crippen LogP contribution in [0.25, 0.3) is 11.0 Å². The van der Waals surface area contributed by atoms with Gasteiger partial charge in [0.2, 0.25) is 0 Å². The van der Waals surface area contributed by atoms with Crippen LogP contribution in [0.1, 0.15) is 32.7 Å². The fraction of sp³-hybridized carbons (Fsp3) is 0.276. The van der Waals surface area contributed by atoms with E-state index in [4.69, 9.17) is 0 Å². The minimum absolute atomic E-state index is 0.00720. The van der Waals surface area contributed by atoms with E-state index in [0.717, 1.165) is 24.2 Å². The summed E-state index contributed by atoms with van der Waals surface area (Å²) >= 11 is 0. The van der Waals surface area contributed by atoms with Crippen molar-refractivity contribution in [2.45, 2.75) is 27.3 Å². The summed E-state index contributed by atoms with van der Waals surface area (Å²) in [6.07, 6.45) is 0. The molecular formula is C29H30N4O2. The van der Waals surface area contributed by atoms with Crippen molar-refractivity contribution < 1.29 is 4.79 Å². The van der Waals surface area contributed by atoms with Crippen LogP contribution in [0.3, 0.4) is 0 Å². The number of aryl methyl sites for hydroxylation is 3. The Morgan fingerprint density at radius 1 is 0.886 bits per heavy atom. The average molecular weight is 467 g/mol. The topological polar surface area (TPSA) is 58.4 Å². The lowest BCUT2D eigenvalue weighted by molar-refractivity contribution is 0.0747. The van der Waals surface area contributed by atoms with Crippen molar-refractivity contribution in [3.63, 3.8) is 0 Å². The summed E-state index contributed by atoms with van der Waals surface area (Å²) in [6, 6.07) is 21.9. The third kappa shape index (κ3) is 4.56. The summed E-state index contributed by atoms with van der Waals surface area (Å²) in [5, 5.41) is 0. The molecule has 0 atom stereocenters. The SMILES string of the molecule is Cc1ccc(C)c(N2CCN(C(=O)c3ccc4c(c3)nc(C)c(=O)n4Cc3ccccc3)CC2)c1. The summed E-state index contributed by atoms with van der Waals surface area (Å²) in [5.74, 6) is 0.00720. The molecule has 6 nitrogen and oxygen atoms in total. The smallest absolute Gasteiger partial charge is 0.272 e. The van der Waals surface area contributed by atoms with Gasteiger partial charge < -0.3 is 14.4 Å². The minimum Gasteiger partial charge on any atom is -0.368 e. The Morgan fingerprint density at radius 2 is 1.63 bits per heavy atom. The van der Waals surface area contributed by atoms with Crippen molar-refractivity contribution in [3.05, 3.63) is 105 Å². The molecule has 6 heteroatoms. The zero-order valence-corrected chi connectivity index (χ0v) is 20.5. The van der Waals surface area contributed by atoms with Crippen LogP contribution in [-0.2, 0) is 6.54 Å². The van der Waals surface area contributed by atoms with Crippen LogP contribution in [-0.4, -0.2) is 46.5 Å². The summed E-state index contributed by atoms with van der Waals surface area (Å²) in [7, 11) is 0. The molecule has 1 saturated heterocycles. The number of rotatable bonds is 4. The van der Waals surface area contributed by atoms with Crippen molar-refractivity contribution in [2.24, 2.45) is 0 Å². The number of piperazine rings is 1. The Morgan fingerprint density at radius 3 is 2.37 bits per heavy atom. The third-order valence-electron chi connectivity index (χ3n) is 6.81. The lowest BCUT2D eigenvalue weighted by atomic mass is 10.1. The normalized spacial score (nSPS) is 13.9. The molecule has 4 aromatic rings. The first-order chi connectivity index (χ1) is 16.9. The summed E-state index contributed by atoms with van der Waals surface area (Å²) < 4.78 is 1.74. The number of carbonyl (C=O) groups is 1. The van der Waals surface area contributed by atoms with E-state index in [1.165, 1.54) is 16.8 Å². The fourth-order valence-corrected chi connectivity index (χ4v) is 4.82. The minimum atomic E-state index is -0.108. The van der Waals surface area contributed by atoms with Gasteiger partial charge in [0.1, 0.15) is 5.69 Å². The summed E-state index contributed by atoms with van der Waals surface area (Å²) in [4.78, 5) is 35.0. The van der Waals surface area contributed by atoms with Crippen LogP contribution in [0, 0.1) is 20.8 Å². The molecule has 35 heavy (non-hydrogen) atoms. The number of fused-ring (bicyclic) bond motifs is 1. The maximum Gasteiger partial charge on any atom is 0.272 e. The largest absolute Gasteiger partial charge is 0.368 e. The number of aromatic nitrogens is 2. The van der Waals surface area contributed by atoms with Crippen molar-refractivity contribution in [1.82, 2.24) is 14.5 Å². The van der Waals surface area contributed by atoms with E-state index >= 15 is 0 Å². The standard InChI is InChI=1S/C29H30N4O2/c1-20-9-10-21(2)27(17-20)31-13-15-32(16-14-31)29(35)24-11-12-26-25(18-24)30-22(3)28(34)33(26)19-23-7-5-4-6-8-23/h4-12,17-18H,13-16,19H2,1-3H3. The third-order valence-corrected chi connectivity index (χ3v) is 6.81. The predicted octanol–water partition coefficient (Wildman–Crippen LogP) is 4.33. The highest BCUT2D eigenvalue weighted by Gasteiger charge is 2.24. The van der Waals surface area contributed by atoms with Crippen LogP contribution in [0.2, 0.25) is 0 Å². The van der Waals surface area contributed by atoms with Gasteiger partial charge in [-0.2, -0.15) is 0 Å². The molecule has 0 radical (unpaired) electrons. The highest BCUT2D eigenvalue weighted by atomic mass is 16.2. The first-order valence-corrected chi connectivity index (χ1v) is 12.1. The van der Waals surface area contributed by atoms with Gasteiger partial charge in [0.25, 0.3) is 11.5 Å². The molecule has 3 aromatic carbocycles. The molecule has 1 aliphatic rings. The highest BCUT2D eigenvalue weighted by molar-refractivity contribution is 5.97. The zero-order chi connectivity index (χ0) is 24.5. The van der Waals surface area contributed by atoms with E-state index in [2.05, 4.69) is 41.9 Å². The molecule has 0 N–H and O–H groups in total. The monoisotopic (exact) mass is 466 g/mol. The van der Waals surface area contributed by atoms with E-state index in [-0.39, 0.29) is 11.5 Å². The molecule has 1 amide bonds. The summed E-state index contributed by atoms with van der Waals surface area (Å²) in [5.41, 5.74) is 7.13.